The van der Waals surface area contributed by atoms with Gasteiger partial charge in [-0.3, -0.25) is 14.4 Å². The number of nitrogens with zero attached hydrogens (tertiary/aromatic N) is 1. The summed E-state index contributed by atoms with van der Waals surface area (Å²) in [6.45, 7) is 2.74. The molecule has 1 aliphatic heterocycles. The maximum atomic E-state index is 12.9. The fourth-order valence-corrected chi connectivity index (χ4v) is 5.07. The van der Waals surface area contributed by atoms with Crippen molar-refractivity contribution in [2.75, 3.05) is 50.7 Å². The lowest BCUT2D eigenvalue weighted by Crippen LogP contribution is -2.32. The Kier molecular flexibility index (Phi) is 8.43. The fourth-order valence-electron chi connectivity index (χ4n) is 4.51. The van der Waals surface area contributed by atoms with E-state index >= 15 is 0 Å². The topological polar surface area (TPSA) is 106 Å². The summed E-state index contributed by atoms with van der Waals surface area (Å²) in [6, 6.07) is 16.4. The van der Waals surface area contributed by atoms with Crippen LogP contribution in [0.1, 0.15) is 27.0 Å². The number of anilines is 2. The number of benzene rings is 3. The Bertz CT molecular complexity index is 1410. The Morgan fingerprint density at radius 1 is 0.921 bits per heavy atom. The maximum Gasteiger partial charge on any atom is 0.257 e. The van der Waals surface area contributed by atoms with Gasteiger partial charge in [-0.05, 0) is 65.9 Å². The van der Waals surface area contributed by atoms with Crippen molar-refractivity contribution in [2.24, 2.45) is 0 Å². The van der Waals surface area contributed by atoms with Crippen LogP contribution in [0.5, 0.6) is 17.2 Å². The number of amides is 1. The fraction of sp³-hybridized carbons (Fsp3) is 0.321. The SMILES string of the molecule is COc1ccc(C(=O)Nc2ccc(CCN3CCc4cc(OC)c(OC)cc4C3)cc2)c(NS(C)(=O)=O)c1. The van der Waals surface area contributed by atoms with Crippen LogP contribution in [0.4, 0.5) is 11.4 Å². The highest BCUT2D eigenvalue weighted by Crippen LogP contribution is 2.33. The van der Waals surface area contributed by atoms with E-state index in [2.05, 4.69) is 27.1 Å². The van der Waals surface area contributed by atoms with E-state index in [-0.39, 0.29) is 11.3 Å². The summed E-state index contributed by atoms with van der Waals surface area (Å²) in [5.74, 6) is 1.53. The Labute approximate surface area is 223 Å². The average Bonchev–Trinajstić information content (AvgIpc) is 2.90. The molecule has 0 radical (unpaired) electrons. The third-order valence-corrected chi connectivity index (χ3v) is 7.08. The molecular weight excluding hydrogens is 506 g/mol. The molecule has 202 valence electrons. The Morgan fingerprint density at radius 3 is 2.24 bits per heavy atom. The summed E-state index contributed by atoms with van der Waals surface area (Å²) in [4.78, 5) is 15.3. The van der Waals surface area contributed by atoms with Crippen molar-refractivity contribution in [1.82, 2.24) is 4.90 Å². The van der Waals surface area contributed by atoms with E-state index < -0.39 is 15.9 Å². The second-order valence-corrected chi connectivity index (χ2v) is 10.9. The van der Waals surface area contributed by atoms with Gasteiger partial charge in [0.15, 0.2) is 11.5 Å². The molecule has 1 aliphatic rings. The number of ether oxygens (including phenoxy) is 3. The van der Waals surface area contributed by atoms with Crippen LogP contribution < -0.4 is 24.2 Å². The van der Waals surface area contributed by atoms with Crippen LogP contribution in [0.25, 0.3) is 0 Å². The number of rotatable bonds is 10. The predicted octanol–water partition coefficient (Wildman–Crippen LogP) is 3.94. The molecule has 0 aromatic heterocycles. The zero-order valence-electron chi connectivity index (χ0n) is 22.0. The van der Waals surface area contributed by atoms with E-state index in [0.717, 1.165) is 55.8 Å². The molecule has 0 saturated carbocycles. The first-order valence-corrected chi connectivity index (χ1v) is 14.1. The molecule has 0 fully saturated rings. The number of nitrogens with one attached hydrogen (secondary N) is 2. The van der Waals surface area contributed by atoms with E-state index in [1.165, 1.54) is 30.4 Å². The second kappa shape index (κ2) is 11.7. The van der Waals surface area contributed by atoms with Crippen LogP contribution in [-0.2, 0) is 29.4 Å². The molecule has 0 unspecified atom stereocenters. The van der Waals surface area contributed by atoms with E-state index in [9.17, 15) is 13.2 Å². The van der Waals surface area contributed by atoms with Gasteiger partial charge in [0.1, 0.15) is 5.75 Å². The lowest BCUT2D eigenvalue weighted by atomic mass is 9.98. The van der Waals surface area contributed by atoms with E-state index in [1.807, 2.05) is 24.3 Å². The molecule has 38 heavy (non-hydrogen) atoms. The van der Waals surface area contributed by atoms with Gasteiger partial charge < -0.3 is 19.5 Å². The van der Waals surface area contributed by atoms with E-state index in [0.29, 0.717) is 11.4 Å². The van der Waals surface area contributed by atoms with Gasteiger partial charge in [-0.25, -0.2) is 8.42 Å². The van der Waals surface area contributed by atoms with Gasteiger partial charge in [0.05, 0.1) is 38.8 Å². The molecule has 0 saturated heterocycles. The average molecular weight is 540 g/mol. The summed E-state index contributed by atoms with van der Waals surface area (Å²) < 4.78 is 42.0. The largest absolute Gasteiger partial charge is 0.497 e. The van der Waals surface area contributed by atoms with E-state index in [4.69, 9.17) is 14.2 Å². The van der Waals surface area contributed by atoms with Gasteiger partial charge in [0.25, 0.3) is 5.91 Å². The molecule has 0 aliphatic carbocycles. The summed E-state index contributed by atoms with van der Waals surface area (Å²) in [7, 11) is 1.20. The minimum Gasteiger partial charge on any atom is -0.497 e. The Balaban J connectivity index is 1.37. The van der Waals surface area contributed by atoms with Crippen molar-refractivity contribution in [1.29, 1.82) is 0 Å². The zero-order valence-corrected chi connectivity index (χ0v) is 22.9. The minimum absolute atomic E-state index is 0.153. The molecule has 2 N–H and O–H groups in total. The summed E-state index contributed by atoms with van der Waals surface area (Å²) in [6.07, 6.45) is 2.86. The van der Waals surface area contributed by atoms with Crippen LogP contribution in [-0.4, -0.2) is 59.9 Å². The molecular formula is C28H33N3O6S. The summed E-state index contributed by atoms with van der Waals surface area (Å²) >= 11 is 0. The van der Waals surface area contributed by atoms with Crippen molar-refractivity contribution in [2.45, 2.75) is 19.4 Å². The molecule has 10 heteroatoms. The molecule has 9 nitrogen and oxygen atoms in total. The zero-order chi connectivity index (χ0) is 27.3. The molecule has 0 bridgehead atoms. The number of carbonyl (C=O) groups excluding carboxylic acids is 1. The van der Waals surface area contributed by atoms with Crippen LogP contribution in [0.2, 0.25) is 0 Å². The molecule has 0 atom stereocenters. The van der Waals surface area contributed by atoms with Gasteiger partial charge in [0, 0.05) is 31.4 Å². The number of carbonyl (C=O) groups is 1. The highest BCUT2D eigenvalue weighted by molar-refractivity contribution is 7.92. The monoisotopic (exact) mass is 539 g/mol. The van der Waals surface area contributed by atoms with Gasteiger partial charge in [-0.2, -0.15) is 0 Å². The lowest BCUT2D eigenvalue weighted by molar-refractivity contribution is 0.102. The number of methoxy groups -OCH3 is 3. The van der Waals surface area contributed by atoms with Crippen molar-refractivity contribution < 1.29 is 27.4 Å². The first-order valence-electron chi connectivity index (χ1n) is 12.2. The van der Waals surface area contributed by atoms with Gasteiger partial charge in [-0.15, -0.1) is 0 Å². The lowest BCUT2D eigenvalue weighted by Gasteiger charge is -2.29. The van der Waals surface area contributed by atoms with Crippen LogP contribution in [0.3, 0.4) is 0 Å². The number of hydrogen-bond donors (Lipinski definition) is 2. The molecule has 1 amide bonds. The highest BCUT2D eigenvalue weighted by atomic mass is 32.2. The maximum absolute atomic E-state index is 12.9. The highest BCUT2D eigenvalue weighted by Gasteiger charge is 2.20. The quantitative estimate of drug-likeness (QED) is 0.402. The smallest absolute Gasteiger partial charge is 0.257 e. The Hall–Kier alpha value is -3.76. The van der Waals surface area contributed by atoms with Crippen LogP contribution in [0.15, 0.2) is 54.6 Å². The Morgan fingerprint density at radius 2 is 1.61 bits per heavy atom. The third kappa shape index (κ3) is 6.76. The first kappa shape index (κ1) is 27.3. The van der Waals surface area contributed by atoms with Crippen LogP contribution >= 0.6 is 0 Å². The number of hydrogen-bond acceptors (Lipinski definition) is 7. The van der Waals surface area contributed by atoms with Gasteiger partial charge >= 0.3 is 0 Å². The standard InChI is InChI=1S/C28H33N3O6S/c1-35-23-9-10-24(25(17-23)30-38(4,33)34)28(32)29-22-7-5-19(6-8-22)11-13-31-14-12-20-15-26(36-2)27(37-3)16-21(20)18-31/h5-10,15-17,30H,11-14,18H2,1-4H3,(H,29,32). The van der Waals surface area contributed by atoms with Crippen molar-refractivity contribution in [3.63, 3.8) is 0 Å². The normalized spacial score (nSPS) is 13.4. The van der Waals surface area contributed by atoms with Crippen LogP contribution in [0, 0.1) is 0 Å². The molecule has 3 aromatic carbocycles. The molecule has 3 aromatic rings. The first-order chi connectivity index (χ1) is 18.2. The third-order valence-electron chi connectivity index (χ3n) is 6.49. The predicted molar refractivity (Wildman–Crippen MR) is 148 cm³/mol. The number of fused-ring (bicyclic) bond motifs is 1. The van der Waals surface area contributed by atoms with Crippen molar-refractivity contribution in [3.05, 3.63) is 76.9 Å². The van der Waals surface area contributed by atoms with Crippen molar-refractivity contribution in [3.8, 4) is 17.2 Å². The summed E-state index contributed by atoms with van der Waals surface area (Å²) in [5.41, 5.74) is 4.68. The molecule has 4 rings (SSSR count). The van der Waals surface area contributed by atoms with Gasteiger partial charge in [-0.1, -0.05) is 12.1 Å². The molecule has 1 heterocycles. The van der Waals surface area contributed by atoms with Crippen molar-refractivity contribution >= 4 is 27.3 Å². The molecule has 0 spiro atoms. The summed E-state index contributed by atoms with van der Waals surface area (Å²) in [5, 5.41) is 2.84. The minimum atomic E-state index is -3.58. The number of sulfonamides is 1. The van der Waals surface area contributed by atoms with E-state index in [1.54, 1.807) is 20.3 Å². The van der Waals surface area contributed by atoms with Gasteiger partial charge in [0.2, 0.25) is 10.0 Å². The second-order valence-electron chi connectivity index (χ2n) is 9.19.